The highest BCUT2D eigenvalue weighted by Crippen LogP contribution is 2.46. The van der Waals surface area contributed by atoms with Gasteiger partial charge in [-0.05, 0) is 193 Å². The van der Waals surface area contributed by atoms with Crippen LogP contribution in [0.4, 0.5) is 0 Å². The van der Waals surface area contributed by atoms with Gasteiger partial charge in [-0.1, -0.05) is 413 Å². The van der Waals surface area contributed by atoms with E-state index in [4.69, 9.17) is 58.1 Å². The van der Waals surface area contributed by atoms with E-state index in [-0.39, 0.29) is 0 Å². The number of aromatic nitrogens is 9. The van der Waals surface area contributed by atoms with E-state index in [9.17, 15) is 0 Å². The zero-order valence-electron chi connectivity index (χ0n) is 79.0. The van der Waals surface area contributed by atoms with E-state index in [2.05, 4.69) is 364 Å². The van der Waals surface area contributed by atoms with Gasteiger partial charge in [0.2, 0.25) is 0 Å². The van der Waals surface area contributed by atoms with Gasteiger partial charge in [0, 0.05) is 98.5 Å². The molecule has 6 heterocycles. The molecule has 30 rings (SSSR count). The van der Waals surface area contributed by atoms with Crippen LogP contribution in [-0.2, 0) is 0 Å². The van der Waals surface area contributed by atoms with Crippen molar-refractivity contribution in [3.63, 3.8) is 0 Å². The fourth-order valence-corrected chi connectivity index (χ4v) is 21.2. The summed E-state index contributed by atoms with van der Waals surface area (Å²) in [5.41, 5.74) is 20.7. The van der Waals surface area contributed by atoms with Crippen LogP contribution < -0.4 is 0 Å². The van der Waals surface area contributed by atoms with E-state index in [0.29, 0.717) is 52.4 Å². The van der Waals surface area contributed by atoms with E-state index >= 15 is 0 Å². The number of fused-ring (bicyclic) bond motifs is 24. The largest absolute Gasteiger partial charge is 0.456 e. The Morgan fingerprint density at radius 1 is 0.109 bits per heavy atom. The summed E-state index contributed by atoms with van der Waals surface area (Å²) in [6.07, 6.45) is 0. The summed E-state index contributed by atoms with van der Waals surface area (Å²) in [6, 6.07) is 171. The lowest BCUT2D eigenvalue weighted by molar-refractivity contribution is 0.669. The summed E-state index contributed by atoms with van der Waals surface area (Å²) < 4.78 is 18.7. The summed E-state index contributed by atoms with van der Waals surface area (Å²) in [5, 5.41) is 28.3. The highest BCUT2D eigenvalue weighted by atomic mass is 16.3. The van der Waals surface area contributed by atoms with Crippen molar-refractivity contribution in [2.24, 2.45) is 0 Å². The van der Waals surface area contributed by atoms with Gasteiger partial charge < -0.3 is 13.3 Å². The molecule has 24 aromatic carbocycles. The minimum absolute atomic E-state index is 0.637. The van der Waals surface area contributed by atoms with Crippen LogP contribution in [-0.4, -0.2) is 44.9 Å². The Bertz CT molecular complexity index is 10600. The van der Waals surface area contributed by atoms with Gasteiger partial charge in [-0.3, -0.25) is 0 Å². The van der Waals surface area contributed by atoms with Gasteiger partial charge in [0.05, 0.1) is 0 Å². The normalized spacial score (nSPS) is 11.7. The van der Waals surface area contributed by atoms with Crippen molar-refractivity contribution < 1.29 is 13.3 Å². The molecule has 0 fully saturated rings. The zero-order valence-corrected chi connectivity index (χ0v) is 79.0. The SMILES string of the molecule is c1ccc(-c2nc(-c3ccc(-c4ccc5c(ccc6ccc7oc8ccccc8c7c65)c4)cc3)nc(-c3ccc4ccccc4c3)n2)cc1.c1ccc(-c2nc(-c3ccc4ccccc4c3)nc(-c3ccccc3-c3ccc4c(ccc5ccc6oc7ccccc7c6c54)c3)n2)cc1.c1ccc(-c2nc(-c3cccc(-c4ccc5c(ccc6ccc7oc8ccccc8c7c65)c4)c3)nc(-c3ccc4ccccc4c3)n2)cc1. The van der Waals surface area contributed by atoms with Crippen LogP contribution in [0.5, 0.6) is 0 Å². The van der Waals surface area contributed by atoms with Crippen LogP contribution in [0.2, 0.25) is 0 Å². The third kappa shape index (κ3) is 15.6. The first kappa shape index (κ1) is 85.1. The molecular formula is C135H81N9O3. The second kappa shape index (κ2) is 35.7. The Morgan fingerprint density at radius 3 is 0.741 bits per heavy atom. The van der Waals surface area contributed by atoms with Crippen molar-refractivity contribution in [2.75, 3.05) is 0 Å². The molecule has 12 nitrogen and oxygen atoms in total. The summed E-state index contributed by atoms with van der Waals surface area (Å²) >= 11 is 0. The lowest BCUT2D eigenvalue weighted by Gasteiger charge is -2.13. The van der Waals surface area contributed by atoms with Crippen molar-refractivity contribution in [3.05, 3.63) is 491 Å². The van der Waals surface area contributed by atoms with E-state index in [1.54, 1.807) is 0 Å². The molecule has 684 valence electrons. The van der Waals surface area contributed by atoms with Crippen LogP contribution in [0, 0.1) is 0 Å². The second-order valence-corrected chi connectivity index (χ2v) is 37.3. The summed E-state index contributed by atoms with van der Waals surface area (Å²) in [5.74, 6) is 5.81. The predicted octanol–water partition coefficient (Wildman–Crippen LogP) is 35.7. The maximum atomic E-state index is 6.25. The van der Waals surface area contributed by atoms with Crippen LogP contribution in [0.15, 0.2) is 505 Å². The van der Waals surface area contributed by atoms with Crippen molar-refractivity contribution in [3.8, 4) is 136 Å². The minimum atomic E-state index is 0.637. The molecule has 0 saturated carbocycles. The molecule has 30 aromatic rings. The fraction of sp³-hybridized carbons (Fsp3) is 0. The molecule has 0 bridgehead atoms. The van der Waals surface area contributed by atoms with Gasteiger partial charge in [-0.2, -0.15) is 0 Å². The first-order valence-electron chi connectivity index (χ1n) is 49.3. The first-order chi connectivity index (χ1) is 72.8. The van der Waals surface area contributed by atoms with Gasteiger partial charge in [0.15, 0.2) is 52.4 Å². The molecular weight excluding hydrogens is 1800 g/mol. The van der Waals surface area contributed by atoms with Gasteiger partial charge in [0.25, 0.3) is 0 Å². The smallest absolute Gasteiger partial charge is 0.164 e. The topological polar surface area (TPSA) is 155 Å². The number of rotatable bonds is 12. The molecule has 0 unspecified atom stereocenters. The van der Waals surface area contributed by atoms with E-state index < -0.39 is 0 Å². The third-order valence-corrected chi connectivity index (χ3v) is 28.5. The van der Waals surface area contributed by atoms with Crippen LogP contribution >= 0.6 is 0 Å². The number of benzene rings is 24. The van der Waals surface area contributed by atoms with Gasteiger partial charge in [0.1, 0.15) is 33.5 Å². The molecule has 0 atom stereocenters. The lowest BCUT2D eigenvalue weighted by Crippen LogP contribution is -2.01. The van der Waals surface area contributed by atoms with E-state index in [0.717, 1.165) is 160 Å². The maximum absolute atomic E-state index is 6.25. The van der Waals surface area contributed by atoms with Crippen molar-refractivity contribution in [2.45, 2.75) is 0 Å². The first-order valence-corrected chi connectivity index (χ1v) is 49.3. The molecule has 6 aromatic heterocycles. The zero-order chi connectivity index (χ0) is 96.9. The molecule has 147 heavy (non-hydrogen) atoms. The molecule has 0 aliphatic heterocycles. The number of hydrogen-bond acceptors (Lipinski definition) is 12. The lowest BCUT2D eigenvalue weighted by atomic mass is 9.93. The molecule has 0 N–H and O–H groups in total. The van der Waals surface area contributed by atoms with Gasteiger partial charge >= 0.3 is 0 Å². The molecule has 0 amide bonds. The van der Waals surface area contributed by atoms with E-state index in [1.807, 2.05) is 127 Å². The molecule has 0 saturated heterocycles. The number of nitrogens with zero attached hydrogens (tertiary/aromatic N) is 9. The maximum Gasteiger partial charge on any atom is 0.164 e. The Balaban J connectivity index is 0.000000107. The standard InChI is InChI=1S/3C45H27N3O/c1-2-11-30(12-3-1)43-46-44(34-21-18-28-10-4-5-13-31(28)26-34)48-45(47-43)37-15-7-6-14-35(37)32-22-24-36-33(27-32)20-19-29-23-25-40-42(41(29)36)38-16-8-9-17-39(38)49-40;1-2-10-30(11-3-1)43-46-44(48-45(47-43)36-20-17-28-9-4-5-12-31(28)26-36)35-14-8-13-32(27-35)33-21-23-37-34(25-33)19-18-29-22-24-40-42(41(29)37)38-15-6-7-16-39(38)49-40;1-2-9-31(10-3-1)43-46-44(48-45(47-43)36-21-16-28-8-4-5-11-33(28)27-36)32-18-14-29(15-19-32)34-22-24-37-35(26-34)20-17-30-23-25-40-42(41(30)37)38-12-6-7-13-39(38)49-40/h3*1-27H. The van der Waals surface area contributed by atoms with Crippen molar-refractivity contribution in [1.82, 2.24) is 44.9 Å². The van der Waals surface area contributed by atoms with Gasteiger partial charge in [-0.15, -0.1) is 0 Å². The average Bonchev–Trinajstić information content (AvgIpc) is 1.63. The number of furan rings is 3. The molecule has 0 radical (unpaired) electrons. The molecule has 0 aliphatic carbocycles. The average molecular weight is 1880 g/mol. The highest BCUT2D eigenvalue weighted by molar-refractivity contribution is 6.30. The Kier molecular flexibility index (Phi) is 20.6. The third-order valence-electron chi connectivity index (χ3n) is 28.5. The van der Waals surface area contributed by atoms with Crippen LogP contribution in [0.25, 0.3) is 299 Å². The summed E-state index contributed by atoms with van der Waals surface area (Å²) in [4.78, 5) is 45.0. The Labute approximate surface area is 842 Å². The minimum Gasteiger partial charge on any atom is -0.456 e. The fourth-order valence-electron chi connectivity index (χ4n) is 21.2. The predicted molar refractivity (Wildman–Crippen MR) is 604 cm³/mol. The Morgan fingerprint density at radius 2 is 0.347 bits per heavy atom. The monoisotopic (exact) mass is 1880 g/mol. The molecule has 12 heteroatoms. The summed E-state index contributed by atoms with van der Waals surface area (Å²) in [6.45, 7) is 0. The molecule has 0 spiro atoms. The van der Waals surface area contributed by atoms with Crippen molar-refractivity contribution >= 4 is 163 Å². The highest BCUT2D eigenvalue weighted by Gasteiger charge is 2.24. The number of hydrogen-bond donors (Lipinski definition) is 0. The molecule has 0 aliphatic rings. The Hall–Kier alpha value is -20.0. The van der Waals surface area contributed by atoms with Crippen molar-refractivity contribution in [1.29, 1.82) is 0 Å². The van der Waals surface area contributed by atoms with Gasteiger partial charge in [-0.25, -0.2) is 44.9 Å². The second-order valence-electron chi connectivity index (χ2n) is 37.3. The quantitative estimate of drug-likeness (QED) is 0.107. The number of para-hydroxylation sites is 3. The van der Waals surface area contributed by atoms with Crippen LogP contribution in [0.1, 0.15) is 0 Å². The van der Waals surface area contributed by atoms with E-state index in [1.165, 1.54) is 86.2 Å². The van der Waals surface area contributed by atoms with Crippen LogP contribution in [0.3, 0.4) is 0 Å². The summed E-state index contributed by atoms with van der Waals surface area (Å²) in [7, 11) is 0.